The smallest absolute Gasteiger partial charge is 0.223 e. The minimum Gasteiger partial charge on any atom is -0.366 e. The quantitative estimate of drug-likeness (QED) is 0.573. The van der Waals surface area contributed by atoms with E-state index in [1.54, 1.807) is 12.1 Å². The second kappa shape index (κ2) is 8.68. The molecule has 1 saturated heterocycles. The SMILES string of the molecule is CC(=O)c1ccc(N2CCN(C(=O)CCc3c(C)nc4cc(C)nn4c3C)CC2)c(F)c1. The number of fused-ring (bicyclic) bond motifs is 1. The van der Waals surface area contributed by atoms with E-state index >= 15 is 0 Å². The van der Waals surface area contributed by atoms with Crippen molar-refractivity contribution in [2.75, 3.05) is 31.1 Å². The Bertz CT molecular complexity index is 1190. The normalized spacial score (nSPS) is 14.3. The number of benzene rings is 1. The second-order valence-corrected chi connectivity index (χ2v) is 8.41. The summed E-state index contributed by atoms with van der Waals surface area (Å²) >= 11 is 0. The largest absolute Gasteiger partial charge is 0.366 e. The summed E-state index contributed by atoms with van der Waals surface area (Å²) in [6, 6.07) is 6.53. The van der Waals surface area contributed by atoms with E-state index in [0.29, 0.717) is 50.3 Å². The fourth-order valence-corrected chi connectivity index (χ4v) is 4.37. The van der Waals surface area contributed by atoms with Crippen LogP contribution in [0.3, 0.4) is 0 Å². The molecule has 1 aromatic carbocycles. The predicted molar refractivity (Wildman–Crippen MR) is 121 cm³/mol. The monoisotopic (exact) mass is 437 g/mol. The highest BCUT2D eigenvalue weighted by atomic mass is 19.1. The average Bonchev–Trinajstić information content (AvgIpc) is 3.13. The van der Waals surface area contributed by atoms with E-state index in [1.807, 2.05) is 41.2 Å². The zero-order chi connectivity index (χ0) is 23.0. The van der Waals surface area contributed by atoms with Crippen LogP contribution in [0.2, 0.25) is 0 Å². The van der Waals surface area contributed by atoms with Crippen molar-refractivity contribution >= 4 is 23.0 Å². The summed E-state index contributed by atoms with van der Waals surface area (Å²) in [4.78, 5) is 32.7. The molecule has 3 heterocycles. The molecular formula is C24H28FN5O2. The van der Waals surface area contributed by atoms with Crippen molar-refractivity contribution in [3.8, 4) is 0 Å². The third kappa shape index (κ3) is 4.22. The molecule has 0 bridgehead atoms. The van der Waals surface area contributed by atoms with Crippen molar-refractivity contribution in [2.45, 2.75) is 40.5 Å². The highest BCUT2D eigenvalue weighted by Gasteiger charge is 2.23. The lowest BCUT2D eigenvalue weighted by Gasteiger charge is -2.36. The average molecular weight is 438 g/mol. The minimum atomic E-state index is -0.403. The first-order valence-electron chi connectivity index (χ1n) is 10.9. The molecule has 4 rings (SSSR count). The number of nitrogens with zero attached hydrogens (tertiary/aromatic N) is 5. The second-order valence-electron chi connectivity index (χ2n) is 8.41. The summed E-state index contributed by atoms with van der Waals surface area (Å²) in [6.45, 7) is 9.54. The maximum atomic E-state index is 14.5. The molecule has 0 aliphatic carbocycles. The van der Waals surface area contributed by atoms with Gasteiger partial charge in [0.05, 0.1) is 11.4 Å². The van der Waals surface area contributed by atoms with Crippen molar-refractivity contribution in [3.63, 3.8) is 0 Å². The van der Waals surface area contributed by atoms with Gasteiger partial charge in [0.25, 0.3) is 0 Å². The van der Waals surface area contributed by atoms with Crippen molar-refractivity contribution in [3.05, 3.63) is 58.3 Å². The summed E-state index contributed by atoms with van der Waals surface area (Å²) in [7, 11) is 0. The van der Waals surface area contributed by atoms with Gasteiger partial charge in [0.15, 0.2) is 11.4 Å². The van der Waals surface area contributed by atoms with E-state index in [0.717, 1.165) is 28.3 Å². The molecule has 1 aliphatic heterocycles. The maximum Gasteiger partial charge on any atom is 0.223 e. The van der Waals surface area contributed by atoms with Gasteiger partial charge < -0.3 is 9.80 Å². The first kappa shape index (κ1) is 21.9. The molecule has 7 nitrogen and oxygen atoms in total. The Morgan fingerprint density at radius 2 is 1.78 bits per heavy atom. The zero-order valence-electron chi connectivity index (χ0n) is 19.0. The van der Waals surface area contributed by atoms with Gasteiger partial charge in [-0.2, -0.15) is 5.10 Å². The maximum absolute atomic E-state index is 14.5. The van der Waals surface area contributed by atoms with Crippen LogP contribution >= 0.6 is 0 Å². The molecule has 2 aromatic heterocycles. The third-order valence-electron chi connectivity index (χ3n) is 6.20. The van der Waals surface area contributed by atoms with Crippen LogP contribution in [0.4, 0.5) is 10.1 Å². The number of carbonyl (C=O) groups is 2. The molecule has 0 unspecified atom stereocenters. The number of rotatable bonds is 5. The molecule has 168 valence electrons. The lowest BCUT2D eigenvalue weighted by Crippen LogP contribution is -2.49. The number of hydrogen-bond donors (Lipinski definition) is 0. The van der Waals surface area contributed by atoms with Crippen LogP contribution in [0.25, 0.3) is 5.65 Å². The summed E-state index contributed by atoms with van der Waals surface area (Å²) in [5.41, 5.74) is 5.58. The number of aryl methyl sites for hydroxylation is 3. The summed E-state index contributed by atoms with van der Waals surface area (Å²) < 4.78 is 16.3. The molecule has 0 radical (unpaired) electrons. The number of hydrogen-bond acceptors (Lipinski definition) is 5. The Labute approximate surface area is 186 Å². The summed E-state index contributed by atoms with van der Waals surface area (Å²) in [5.74, 6) is -0.471. The predicted octanol–water partition coefficient (Wildman–Crippen LogP) is 3.28. The topological polar surface area (TPSA) is 70.8 Å². The lowest BCUT2D eigenvalue weighted by molar-refractivity contribution is -0.131. The third-order valence-corrected chi connectivity index (χ3v) is 6.20. The van der Waals surface area contributed by atoms with Gasteiger partial charge in [0, 0.05) is 55.6 Å². The number of Topliss-reactive ketones (excluding diaryl/α,β-unsaturated/α-hetero) is 1. The van der Waals surface area contributed by atoms with Crippen molar-refractivity contribution < 1.29 is 14.0 Å². The van der Waals surface area contributed by atoms with Crippen LogP contribution < -0.4 is 4.90 Å². The fraction of sp³-hybridized carbons (Fsp3) is 0.417. The Morgan fingerprint density at radius 1 is 1.06 bits per heavy atom. The molecule has 0 spiro atoms. The zero-order valence-corrected chi connectivity index (χ0v) is 19.0. The van der Waals surface area contributed by atoms with Crippen molar-refractivity contribution in [1.82, 2.24) is 19.5 Å². The van der Waals surface area contributed by atoms with E-state index in [1.165, 1.54) is 13.0 Å². The summed E-state index contributed by atoms with van der Waals surface area (Å²) in [6.07, 6.45) is 1.01. The van der Waals surface area contributed by atoms with Gasteiger partial charge in [-0.1, -0.05) is 0 Å². The van der Waals surface area contributed by atoms with Gasteiger partial charge in [0.2, 0.25) is 5.91 Å². The molecule has 1 aliphatic rings. The van der Waals surface area contributed by atoms with Crippen LogP contribution in [0.1, 0.15) is 46.3 Å². The van der Waals surface area contributed by atoms with Gasteiger partial charge in [-0.3, -0.25) is 9.59 Å². The van der Waals surface area contributed by atoms with E-state index in [-0.39, 0.29) is 11.7 Å². The highest BCUT2D eigenvalue weighted by Crippen LogP contribution is 2.23. The Kier molecular flexibility index (Phi) is 5.95. The number of amides is 1. The standard InChI is InChI=1S/C24H28FN5O2/c1-15-13-23-26-16(2)20(17(3)30(23)27-15)6-8-24(32)29-11-9-28(10-12-29)22-7-5-19(18(4)31)14-21(22)25/h5,7,13-14H,6,8-12H2,1-4H3. The van der Waals surface area contributed by atoms with Crippen LogP contribution in [0.5, 0.6) is 0 Å². The Hall–Kier alpha value is -3.29. The molecular weight excluding hydrogens is 409 g/mol. The molecule has 32 heavy (non-hydrogen) atoms. The van der Waals surface area contributed by atoms with Crippen LogP contribution in [-0.4, -0.2) is 57.4 Å². The summed E-state index contributed by atoms with van der Waals surface area (Å²) in [5, 5.41) is 4.49. The van der Waals surface area contributed by atoms with Gasteiger partial charge in [-0.15, -0.1) is 0 Å². The number of carbonyl (C=O) groups excluding carboxylic acids is 2. The molecule has 0 atom stereocenters. The number of halogens is 1. The van der Waals surface area contributed by atoms with Crippen LogP contribution in [-0.2, 0) is 11.2 Å². The first-order valence-corrected chi connectivity index (χ1v) is 10.9. The molecule has 0 N–H and O–H groups in total. The molecule has 1 fully saturated rings. The van der Waals surface area contributed by atoms with Gasteiger partial charge >= 0.3 is 0 Å². The minimum absolute atomic E-state index is 0.0904. The highest BCUT2D eigenvalue weighted by molar-refractivity contribution is 5.94. The van der Waals surface area contributed by atoms with Crippen LogP contribution in [0, 0.1) is 26.6 Å². The van der Waals surface area contributed by atoms with E-state index in [2.05, 4.69) is 10.1 Å². The van der Waals surface area contributed by atoms with E-state index in [9.17, 15) is 14.0 Å². The Balaban J connectivity index is 1.37. The van der Waals surface area contributed by atoms with Gasteiger partial charge in [-0.25, -0.2) is 13.9 Å². The van der Waals surface area contributed by atoms with E-state index in [4.69, 9.17) is 0 Å². The van der Waals surface area contributed by atoms with Gasteiger partial charge in [-0.05, 0) is 57.9 Å². The van der Waals surface area contributed by atoms with Crippen LogP contribution in [0.15, 0.2) is 24.3 Å². The Morgan fingerprint density at radius 3 is 2.44 bits per heavy atom. The number of piperazine rings is 1. The lowest BCUT2D eigenvalue weighted by atomic mass is 10.1. The molecule has 3 aromatic rings. The van der Waals surface area contributed by atoms with Crippen molar-refractivity contribution in [1.29, 1.82) is 0 Å². The van der Waals surface area contributed by atoms with E-state index < -0.39 is 5.82 Å². The number of anilines is 1. The number of ketones is 1. The molecule has 0 saturated carbocycles. The molecule has 8 heteroatoms. The van der Waals surface area contributed by atoms with Crippen molar-refractivity contribution in [2.24, 2.45) is 0 Å². The number of aromatic nitrogens is 3. The first-order chi connectivity index (χ1) is 15.2. The van der Waals surface area contributed by atoms with Gasteiger partial charge in [0.1, 0.15) is 5.82 Å². The molecule has 1 amide bonds. The fourth-order valence-electron chi connectivity index (χ4n) is 4.37.